The molecule has 29 heavy (non-hydrogen) atoms. The first kappa shape index (κ1) is 17.8. The summed E-state index contributed by atoms with van der Waals surface area (Å²) in [6.45, 7) is 0.765. The highest BCUT2D eigenvalue weighted by Crippen LogP contribution is 2.40. The topological polar surface area (TPSA) is 53.4 Å². The molecule has 0 bridgehead atoms. The third-order valence-corrected chi connectivity index (χ3v) is 6.01. The first-order valence-electron chi connectivity index (χ1n) is 10.0. The van der Waals surface area contributed by atoms with Gasteiger partial charge in [-0.2, -0.15) is 0 Å². The van der Waals surface area contributed by atoms with E-state index in [0.29, 0.717) is 6.42 Å². The highest BCUT2D eigenvalue weighted by Gasteiger charge is 2.37. The summed E-state index contributed by atoms with van der Waals surface area (Å²) in [4.78, 5) is 18.7. The number of aliphatic carboxylic acids is 1. The number of hydrogen-bond acceptors (Lipinski definition) is 3. The van der Waals surface area contributed by atoms with E-state index in [9.17, 15) is 9.90 Å². The van der Waals surface area contributed by atoms with E-state index in [2.05, 4.69) is 46.3 Å². The Labute approximate surface area is 169 Å². The molecule has 1 fully saturated rings. The fourth-order valence-electron chi connectivity index (χ4n) is 4.73. The molecular weight excluding hydrogens is 360 g/mol. The van der Waals surface area contributed by atoms with Gasteiger partial charge in [0.2, 0.25) is 0 Å². The van der Waals surface area contributed by atoms with Crippen LogP contribution in [0.25, 0.3) is 21.7 Å². The van der Waals surface area contributed by atoms with Crippen LogP contribution < -0.4 is 0 Å². The van der Waals surface area contributed by atoms with E-state index in [0.717, 1.165) is 40.4 Å². The van der Waals surface area contributed by atoms with Crippen molar-refractivity contribution in [3.8, 4) is 0 Å². The summed E-state index contributed by atoms with van der Waals surface area (Å²) >= 11 is 0. The van der Waals surface area contributed by atoms with Crippen LogP contribution in [-0.4, -0.2) is 33.5 Å². The average molecular weight is 382 g/mol. The first-order valence-corrected chi connectivity index (χ1v) is 10.0. The van der Waals surface area contributed by atoms with Crippen molar-refractivity contribution in [1.29, 1.82) is 0 Å². The summed E-state index contributed by atoms with van der Waals surface area (Å²) in [6, 6.07) is 24.2. The third kappa shape index (κ3) is 3.06. The highest BCUT2D eigenvalue weighted by molar-refractivity contribution is 5.89. The number of carbonyl (C=O) groups is 1. The molecule has 2 atom stereocenters. The molecule has 0 aliphatic carbocycles. The van der Waals surface area contributed by atoms with Crippen molar-refractivity contribution in [2.24, 2.45) is 0 Å². The van der Waals surface area contributed by atoms with E-state index in [1.165, 1.54) is 5.39 Å². The molecule has 4 nitrogen and oxygen atoms in total. The van der Waals surface area contributed by atoms with Gasteiger partial charge in [0.15, 0.2) is 0 Å². The summed E-state index contributed by atoms with van der Waals surface area (Å²) in [7, 11) is 0. The number of para-hydroxylation sites is 1. The molecule has 0 spiro atoms. The van der Waals surface area contributed by atoms with Crippen LogP contribution in [0.2, 0.25) is 0 Å². The van der Waals surface area contributed by atoms with Crippen molar-refractivity contribution >= 4 is 27.6 Å². The minimum absolute atomic E-state index is 0.141. The van der Waals surface area contributed by atoms with E-state index in [-0.39, 0.29) is 6.04 Å². The van der Waals surface area contributed by atoms with Crippen molar-refractivity contribution in [2.75, 3.05) is 6.54 Å². The van der Waals surface area contributed by atoms with Crippen molar-refractivity contribution in [1.82, 2.24) is 9.88 Å². The van der Waals surface area contributed by atoms with Crippen molar-refractivity contribution < 1.29 is 9.90 Å². The number of aromatic nitrogens is 1. The highest BCUT2D eigenvalue weighted by atomic mass is 16.4. The molecule has 1 saturated heterocycles. The van der Waals surface area contributed by atoms with Crippen LogP contribution in [0.15, 0.2) is 79.0 Å². The molecule has 4 aromatic rings. The second kappa shape index (κ2) is 7.30. The Morgan fingerprint density at radius 2 is 1.66 bits per heavy atom. The van der Waals surface area contributed by atoms with Gasteiger partial charge in [0.25, 0.3) is 0 Å². The fourth-order valence-corrected chi connectivity index (χ4v) is 4.73. The maximum Gasteiger partial charge on any atom is 0.320 e. The van der Waals surface area contributed by atoms with Gasteiger partial charge < -0.3 is 5.11 Å². The maximum absolute atomic E-state index is 12.1. The lowest BCUT2D eigenvalue weighted by molar-refractivity contribution is -0.142. The van der Waals surface area contributed by atoms with E-state index < -0.39 is 12.0 Å². The lowest BCUT2D eigenvalue weighted by Gasteiger charge is -2.33. The van der Waals surface area contributed by atoms with Gasteiger partial charge in [0, 0.05) is 18.1 Å². The SMILES string of the molecule is O=C(O)C1CCCN1C(c1cccc2ccccc12)c1ccnc2ccccc12. The fraction of sp³-hybridized carbons (Fsp3) is 0.200. The molecule has 1 aliphatic heterocycles. The van der Waals surface area contributed by atoms with Gasteiger partial charge in [-0.1, -0.05) is 60.7 Å². The molecule has 144 valence electrons. The lowest BCUT2D eigenvalue weighted by atomic mass is 9.90. The normalized spacial score (nSPS) is 18.3. The van der Waals surface area contributed by atoms with Crippen LogP contribution in [0.5, 0.6) is 0 Å². The second-order valence-electron chi connectivity index (χ2n) is 7.62. The second-order valence-corrected chi connectivity index (χ2v) is 7.62. The predicted molar refractivity (Wildman–Crippen MR) is 115 cm³/mol. The monoisotopic (exact) mass is 382 g/mol. The molecule has 3 aromatic carbocycles. The Kier molecular flexibility index (Phi) is 4.49. The molecule has 0 amide bonds. The Morgan fingerprint density at radius 1 is 0.931 bits per heavy atom. The maximum atomic E-state index is 12.1. The number of fused-ring (bicyclic) bond motifs is 2. The molecule has 1 aliphatic rings. The summed E-state index contributed by atoms with van der Waals surface area (Å²) in [5, 5.41) is 13.3. The number of benzene rings is 3. The zero-order valence-corrected chi connectivity index (χ0v) is 16.0. The third-order valence-electron chi connectivity index (χ3n) is 6.01. The van der Waals surface area contributed by atoms with Crippen LogP contribution in [-0.2, 0) is 4.79 Å². The number of hydrogen-bond donors (Lipinski definition) is 1. The summed E-state index contributed by atoms with van der Waals surface area (Å²) in [5.41, 5.74) is 3.19. The quantitative estimate of drug-likeness (QED) is 0.538. The first-order chi connectivity index (χ1) is 14.2. The van der Waals surface area contributed by atoms with Crippen LogP contribution in [0.1, 0.15) is 30.0 Å². The zero-order valence-electron chi connectivity index (χ0n) is 16.0. The smallest absolute Gasteiger partial charge is 0.320 e. The Balaban J connectivity index is 1.79. The predicted octanol–water partition coefficient (Wildman–Crippen LogP) is 5.03. The zero-order chi connectivity index (χ0) is 19.8. The van der Waals surface area contributed by atoms with Crippen molar-refractivity contribution in [2.45, 2.75) is 24.9 Å². The van der Waals surface area contributed by atoms with Gasteiger partial charge in [-0.3, -0.25) is 14.7 Å². The van der Waals surface area contributed by atoms with E-state index >= 15 is 0 Å². The number of nitrogens with zero attached hydrogens (tertiary/aromatic N) is 2. The number of carboxylic acid groups (broad SMARTS) is 1. The minimum atomic E-state index is -0.744. The minimum Gasteiger partial charge on any atom is -0.480 e. The largest absolute Gasteiger partial charge is 0.480 e. The van der Waals surface area contributed by atoms with Gasteiger partial charge in [0.05, 0.1) is 11.6 Å². The number of likely N-dealkylation sites (tertiary alicyclic amines) is 1. The molecule has 4 heteroatoms. The van der Waals surface area contributed by atoms with Crippen molar-refractivity contribution in [3.05, 3.63) is 90.1 Å². The number of pyridine rings is 1. The van der Waals surface area contributed by atoms with Gasteiger partial charge in [-0.15, -0.1) is 0 Å². The molecule has 1 aromatic heterocycles. The van der Waals surface area contributed by atoms with E-state index in [1.54, 1.807) is 0 Å². The van der Waals surface area contributed by atoms with Gasteiger partial charge in [-0.05, 0) is 46.9 Å². The Morgan fingerprint density at radius 3 is 2.52 bits per heavy atom. The van der Waals surface area contributed by atoms with Gasteiger partial charge in [0.1, 0.15) is 6.04 Å². The van der Waals surface area contributed by atoms with E-state index in [1.807, 2.05) is 42.6 Å². The standard InChI is InChI=1S/C25H22N2O2/c28-25(29)23-13-6-16-27(23)24(20-11-5-8-17-7-1-2-9-18(17)20)21-14-15-26-22-12-4-3-10-19(21)22/h1-5,7-12,14-15,23-24H,6,13,16H2,(H,28,29). The van der Waals surface area contributed by atoms with Crippen LogP contribution in [0.4, 0.5) is 0 Å². The molecule has 5 rings (SSSR count). The molecule has 0 radical (unpaired) electrons. The number of carboxylic acids is 1. The lowest BCUT2D eigenvalue weighted by Crippen LogP contribution is -2.39. The van der Waals surface area contributed by atoms with E-state index in [4.69, 9.17) is 0 Å². The summed E-state index contributed by atoms with van der Waals surface area (Å²) < 4.78 is 0. The average Bonchev–Trinajstić information content (AvgIpc) is 3.24. The molecular formula is C25H22N2O2. The molecule has 1 N–H and O–H groups in total. The van der Waals surface area contributed by atoms with Crippen LogP contribution in [0, 0.1) is 0 Å². The molecule has 2 unspecified atom stereocenters. The van der Waals surface area contributed by atoms with Gasteiger partial charge in [-0.25, -0.2) is 0 Å². The molecule has 2 heterocycles. The Bertz CT molecular complexity index is 1110. The van der Waals surface area contributed by atoms with Crippen LogP contribution >= 0.6 is 0 Å². The summed E-state index contributed by atoms with van der Waals surface area (Å²) in [6.07, 6.45) is 3.41. The molecule has 0 saturated carbocycles. The van der Waals surface area contributed by atoms with Crippen molar-refractivity contribution in [3.63, 3.8) is 0 Å². The summed E-state index contributed by atoms with van der Waals surface area (Å²) in [5.74, 6) is -0.744. The van der Waals surface area contributed by atoms with Crippen LogP contribution in [0.3, 0.4) is 0 Å². The van der Waals surface area contributed by atoms with Gasteiger partial charge >= 0.3 is 5.97 Å². The number of rotatable bonds is 4. The Hall–Kier alpha value is -3.24.